The Balaban J connectivity index is 1.74. The molecular weight excluding hydrogens is 583 g/mol. The maximum Gasteiger partial charge on any atom is 0.294 e. The fraction of sp³-hybridized carbons (Fsp3) is 0.227. The number of halogens is 2. The van der Waals surface area contributed by atoms with Crippen molar-refractivity contribution in [1.29, 1.82) is 0 Å². The summed E-state index contributed by atoms with van der Waals surface area (Å²) in [6.07, 6.45) is 1.59. The molecule has 1 aliphatic rings. The van der Waals surface area contributed by atoms with Crippen molar-refractivity contribution in [2.24, 2.45) is 0 Å². The second-order valence-electron chi connectivity index (χ2n) is 6.63. The van der Waals surface area contributed by atoms with Gasteiger partial charge in [-0.3, -0.25) is 19.3 Å². The molecule has 0 bridgehead atoms. The highest BCUT2D eigenvalue weighted by Gasteiger charge is 2.36. The van der Waals surface area contributed by atoms with Crippen molar-refractivity contribution >= 4 is 74.8 Å². The molecule has 0 spiro atoms. The lowest BCUT2D eigenvalue weighted by Gasteiger charge is -2.13. The lowest BCUT2D eigenvalue weighted by molar-refractivity contribution is -0.127. The summed E-state index contributed by atoms with van der Waals surface area (Å²) < 4.78 is 16.9. The Morgan fingerprint density at radius 2 is 1.94 bits per heavy atom. The van der Waals surface area contributed by atoms with Crippen molar-refractivity contribution in [3.05, 3.63) is 49.4 Å². The molecule has 1 saturated heterocycles. The van der Waals surface area contributed by atoms with Crippen LogP contribution in [-0.2, 0) is 9.59 Å². The Labute approximate surface area is 213 Å². The monoisotopic (exact) mass is 602 g/mol. The van der Waals surface area contributed by atoms with E-state index in [0.29, 0.717) is 40.1 Å². The molecule has 1 aliphatic heterocycles. The van der Waals surface area contributed by atoms with Gasteiger partial charge in [0.05, 0.1) is 34.3 Å². The Morgan fingerprint density at radius 1 is 1.18 bits per heavy atom. The number of hydrogen-bond acceptors (Lipinski definition) is 7. The molecule has 3 amide bonds. The lowest BCUT2D eigenvalue weighted by atomic mass is 10.2. The van der Waals surface area contributed by atoms with E-state index in [9.17, 15) is 14.4 Å². The maximum atomic E-state index is 12.8. The summed E-state index contributed by atoms with van der Waals surface area (Å²) in [5.41, 5.74) is 1.09. The van der Waals surface area contributed by atoms with Crippen molar-refractivity contribution in [2.75, 3.05) is 32.7 Å². The average Bonchev–Trinajstić information content (AvgIpc) is 3.01. The Morgan fingerprint density at radius 3 is 2.58 bits per heavy atom. The molecule has 8 nitrogen and oxygen atoms in total. The predicted octanol–water partition coefficient (Wildman–Crippen LogP) is 5.04. The lowest BCUT2D eigenvalue weighted by Crippen LogP contribution is -2.36. The number of benzene rings is 2. The number of carbonyl (C=O) groups is 3. The number of amides is 3. The van der Waals surface area contributed by atoms with Crippen molar-refractivity contribution in [2.45, 2.75) is 6.92 Å². The molecule has 0 unspecified atom stereocenters. The SMILES string of the molecule is CCOc1cc(/C=C2/SC(=O)N(CC(=O)Nc3ccc(OC)c(Cl)c3)C2=O)cc(I)c1OC. The number of anilines is 1. The minimum Gasteiger partial charge on any atom is -0.495 e. The zero-order chi connectivity index (χ0) is 24.1. The molecule has 0 atom stereocenters. The van der Waals surface area contributed by atoms with E-state index in [1.54, 1.807) is 31.4 Å². The first-order valence-electron chi connectivity index (χ1n) is 9.66. The first kappa shape index (κ1) is 25.2. The molecule has 33 heavy (non-hydrogen) atoms. The highest BCUT2D eigenvalue weighted by atomic mass is 127. The predicted molar refractivity (Wildman–Crippen MR) is 136 cm³/mol. The van der Waals surface area contributed by atoms with Gasteiger partial charge in [0.25, 0.3) is 11.1 Å². The first-order valence-corrected chi connectivity index (χ1v) is 11.9. The van der Waals surface area contributed by atoms with Crippen molar-refractivity contribution < 1.29 is 28.6 Å². The number of rotatable bonds is 8. The summed E-state index contributed by atoms with van der Waals surface area (Å²) in [6, 6.07) is 8.28. The smallest absolute Gasteiger partial charge is 0.294 e. The zero-order valence-electron chi connectivity index (χ0n) is 17.9. The standard InChI is InChI=1S/C22H20ClIN2O6S/c1-4-32-17-8-12(7-15(24)20(17)31-3)9-18-21(28)26(22(29)33-18)11-19(27)25-13-5-6-16(30-2)14(23)10-13/h5-10H,4,11H2,1-3H3,(H,25,27)/b18-9+. The van der Waals surface area contributed by atoms with Gasteiger partial charge in [-0.1, -0.05) is 11.6 Å². The number of nitrogens with zero attached hydrogens (tertiary/aromatic N) is 1. The van der Waals surface area contributed by atoms with Crippen LogP contribution >= 0.6 is 46.0 Å². The molecule has 0 aliphatic carbocycles. The minimum atomic E-state index is -0.545. The topological polar surface area (TPSA) is 94.2 Å². The van der Waals surface area contributed by atoms with Gasteiger partial charge in [-0.25, -0.2) is 0 Å². The van der Waals surface area contributed by atoms with Crippen molar-refractivity contribution in [1.82, 2.24) is 4.90 Å². The van der Waals surface area contributed by atoms with Crippen LogP contribution in [0.4, 0.5) is 10.5 Å². The molecule has 0 radical (unpaired) electrons. The molecule has 1 N–H and O–H groups in total. The van der Waals surface area contributed by atoms with E-state index in [0.717, 1.165) is 20.2 Å². The van der Waals surface area contributed by atoms with E-state index in [1.807, 2.05) is 13.0 Å². The second kappa shape index (κ2) is 11.1. The number of ether oxygens (including phenoxy) is 3. The summed E-state index contributed by atoms with van der Waals surface area (Å²) in [6.45, 7) is 1.88. The van der Waals surface area contributed by atoms with Crippen LogP contribution in [0.2, 0.25) is 5.02 Å². The quantitative estimate of drug-likeness (QED) is 0.334. The van der Waals surface area contributed by atoms with Gasteiger partial charge in [0, 0.05) is 5.69 Å². The first-order chi connectivity index (χ1) is 15.8. The molecule has 1 fully saturated rings. The largest absolute Gasteiger partial charge is 0.495 e. The summed E-state index contributed by atoms with van der Waals surface area (Å²) in [5, 5.41) is 2.42. The van der Waals surface area contributed by atoms with Gasteiger partial charge in [0.2, 0.25) is 5.91 Å². The number of nitrogens with one attached hydrogen (secondary N) is 1. The van der Waals surface area contributed by atoms with Gasteiger partial charge in [0.1, 0.15) is 12.3 Å². The number of carbonyl (C=O) groups excluding carboxylic acids is 3. The van der Waals surface area contributed by atoms with Crippen LogP contribution in [0.25, 0.3) is 6.08 Å². The Kier molecular flexibility index (Phi) is 8.49. The van der Waals surface area contributed by atoms with Crippen LogP contribution in [0.1, 0.15) is 12.5 Å². The van der Waals surface area contributed by atoms with Gasteiger partial charge in [-0.05, 0) is 83.2 Å². The highest BCUT2D eigenvalue weighted by Crippen LogP contribution is 2.37. The Hall–Kier alpha value is -2.44. The molecule has 174 valence electrons. The van der Waals surface area contributed by atoms with Gasteiger partial charge in [-0.15, -0.1) is 0 Å². The third-order valence-corrected chi connectivity index (χ3v) is 6.45. The third-order valence-electron chi connectivity index (χ3n) is 4.44. The molecule has 2 aromatic rings. The van der Waals surface area contributed by atoms with Crippen LogP contribution < -0.4 is 19.5 Å². The van der Waals surface area contributed by atoms with Crippen LogP contribution in [-0.4, -0.2) is 49.3 Å². The van der Waals surface area contributed by atoms with Crippen LogP contribution in [0, 0.1) is 3.57 Å². The van der Waals surface area contributed by atoms with Gasteiger partial charge >= 0.3 is 0 Å². The molecule has 1 heterocycles. The number of hydrogen-bond donors (Lipinski definition) is 1. The average molecular weight is 603 g/mol. The van der Waals surface area contributed by atoms with E-state index in [-0.39, 0.29) is 4.91 Å². The van der Waals surface area contributed by atoms with Crippen LogP contribution in [0.5, 0.6) is 17.2 Å². The van der Waals surface area contributed by atoms with Gasteiger partial charge < -0.3 is 19.5 Å². The van der Waals surface area contributed by atoms with Crippen LogP contribution in [0.3, 0.4) is 0 Å². The van der Waals surface area contributed by atoms with E-state index in [1.165, 1.54) is 13.2 Å². The summed E-state index contributed by atoms with van der Waals surface area (Å²) >= 11 is 8.95. The van der Waals surface area contributed by atoms with E-state index < -0.39 is 23.6 Å². The van der Waals surface area contributed by atoms with Crippen molar-refractivity contribution in [3.8, 4) is 17.2 Å². The molecule has 11 heteroatoms. The third kappa shape index (κ3) is 5.92. The van der Waals surface area contributed by atoms with Gasteiger partial charge in [-0.2, -0.15) is 0 Å². The van der Waals surface area contributed by atoms with Gasteiger partial charge in [0.15, 0.2) is 11.5 Å². The van der Waals surface area contributed by atoms with Crippen molar-refractivity contribution in [3.63, 3.8) is 0 Å². The fourth-order valence-electron chi connectivity index (χ4n) is 3.01. The number of imide groups is 1. The molecule has 0 saturated carbocycles. The molecule has 0 aromatic heterocycles. The van der Waals surface area contributed by atoms with E-state index >= 15 is 0 Å². The number of thioether (sulfide) groups is 1. The fourth-order valence-corrected chi connectivity index (χ4v) is 4.95. The molecule has 2 aromatic carbocycles. The summed E-state index contributed by atoms with van der Waals surface area (Å²) in [4.78, 5) is 38.8. The summed E-state index contributed by atoms with van der Waals surface area (Å²) in [5.74, 6) is 0.522. The minimum absolute atomic E-state index is 0.212. The number of methoxy groups -OCH3 is 2. The summed E-state index contributed by atoms with van der Waals surface area (Å²) in [7, 11) is 3.04. The zero-order valence-corrected chi connectivity index (χ0v) is 21.7. The van der Waals surface area contributed by atoms with E-state index in [4.69, 9.17) is 25.8 Å². The second-order valence-corrected chi connectivity index (χ2v) is 9.20. The molecule has 3 rings (SSSR count). The van der Waals surface area contributed by atoms with Crippen LogP contribution in [0.15, 0.2) is 35.2 Å². The molecular formula is C22H20ClIN2O6S. The van der Waals surface area contributed by atoms with E-state index in [2.05, 4.69) is 27.9 Å². The maximum absolute atomic E-state index is 12.8. The Bertz CT molecular complexity index is 1140. The normalized spacial score (nSPS) is 14.6. The highest BCUT2D eigenvalue weighted by molar-refractivity contribution is 14.1.